The van der Waals surface area contributed by atoms with E-state index in [2.05, 4.69) is 14.8 Å². The number of rotatable bonds is 8. The molecular formula is C28H20FN3O3. The SMILES string of the molecule is [C-]#[N+]c1ccc2ncnc(Oc3ccc(CC(=O)C4(C(=O)Cc5ccc(F)cc5)CC4)cc3)c2c1. The summed E-state index contributed by atoms with van der Waals surface area (Å²) in [6.07, 6.45) is 2.79. The van der Waals surface area contributed by atoms with Crippen LogP contribution in [-0.2, 0) is 22.4 Å². The molecule has 0 saturated heterocycles. The van der Waals surface area contributed by atoms with Gasteiger partial charge in [-0.25, -0.2) is 19.2 Å². The van der Waals surface area contributed by atoms with Crippen LogP contribution in [0.4, 0.5) is 10.1 Å². The van der Waals surface area contributed by atoms with Gasteiger partial charge in [0.1, 0.15) is 17.9 Å². The number of nitrogens with zero attached hydrogens (tertiary/aromatic N) is 3. The molecule has 0 radical (unpaired) electrons. The third kappa shape index (κ3) is 4.64. The summed E-state index contributed by atoms with van der Waals surface area (Å²) in [5, 5.41) is 0.635. The zero-order valence-electron chi connectivity index (χ0n) is 18.7. The third-order valence-electron chi connectivity index (χ3n) is 6.31. The monoisotopic (exact) mass is 465 g/mol. The van der Waals surface area contributed by atoms with Crippen LogP contribution in [0.2, 0.25) is 0 Å². The number of carbonyl (C=O) groups is 2. The molecule has 4 aromatic rings. The number of hydrogen-bond donors (Lipinski definition) is 0. The summed E-state index contributed by atoms with van der Waals surface area (Å²) in [5.41, 5.74) is 1.70. The molecule has 1 aromatic heterocycles. The number of carbonyl (C=O) groups excluding carboxylic acids is 2. The summed E-state index contributed by atoms with van der Waals surface area (Å²) >= 11 is 0. The van der Waals surface area contributed by atoms with Crippen LogP contribution >= 0.6 is 0 Å². The number of halogens is 1. The molecule has 5 rings (SSSR count). The predicted octanol–water partition coefficient (Wildman–Crippen LogP) is 5.82. The molecule has 0 amide bonds. The van der Waals surface area contributed by atoms with E-state index >= 15 is 0 Å². The highest BCUT2D eigenvalue weighted by Crippen LogP contribution is 2.48. The summed E-state index contributed by atoms with van der Waals surface area (Å²) in [6, 6.07) is 18.0. The molecule has 7 heteroatoms. The van der Waals surface area contributed by atoms with Crippen molar-refractivity contribution >= 4 is 28.2 Å². The Hall–Kier alpha value is -4.44. The van der Waals surface area contributed by atoms with Gasteiger partial charge in [0.25, 0.3) is 0 Å². The van der Waals surface area contributed by atoms with Gasteiger partial charge in [0.15, 0.2) is 17.3 Å². The molecular weight excluding hydrogens is 445 g/mol. The maximum absolute atomic E-state index is 13.1. The van der Waals surface area contributed by atoms with Gasteiger partial charge in [-0.05, 0) is 60.4 Å². The molecule has 1 aliphatic carbocycles. The van der Waals surface area contributed by atoms with Crippen LogP contribution in [0.15, 0.2) is 73.1 Å². The first-order valence-corrected chi connectivity index (χ1v) is 11.2. The lowest BCUT2D eigenvalue weighted by Gasteiger charge is -2.13. The topological polar surface area (TPSA) is 73.5 Å². The highest BCUT2D eigenvalue weighted by molar-refractivity contribution is 6.10. The molecule has 0 N–H and O–H groups in total. The van der Waals surface area contributed by atoms with E-state index in [4.69, 9.17) is 11.3 Å². The lowest BCUT2D eigenvalue weighted by atomic mass is 9.88. The molecule has 1 heterocycles. The van der Waals surface area contributed by atoms with Crippen molar-refractivity contribution in [3.63, 3.8) is 0 Å². The Morgan fingerprint density at radius 3 is 2.14 bits per heavy atom. The van der Waals surface area contributed by atoms with Gasteiger partial charge in [0.2, 0.25) is 5.88 Å². The van der Waals surface area contributed by atoms with E-state index < -0.39 is 5.41 Å². The average Bonchev–Trinajstić information content (AvgIpc) is 3.69. The molecule has 1 fully saturated rings. The number of aromatic nitrogens is 2. The van der Waals surface area contributed by atoms with E-state index in [1.807, 2.05) is 0 Å². The predicted molar refractivity (Wildman–Crippen MR) is 128 cm³/mol. The molecule has 172 valence electrons. The van der Waals surface area contributed by atoms with Gasteiger partial charge in [-0.15, -0.1) is 0 Å². The van der Waals surface area contributed by atoms with Crippen molar-refractivity contribution < 1.29 is 18.7 Å². The first-order chi connectivity index (χ1) is 17.0. The Labute approximate surface area is 201 Å². The normalized spacial score (nSPS) is 13.7. The molecule has 0 unspecified atom stereocenters. The minimum Gasteiger partial charge on any atom is -0.438 e. The van der Waals surface area contributed by atoms with E-state index in [1.54, 1.807) is 54.6 Å². The van der Waals surface area contributed by atoms with Gasteiger partial charge in [0, 0.05) is 12.8 Å². The number of ether oxygens (including phenoxy) is 1. The van der Waals surface area contributed by atoms with Crippen LogP contribution in [0.1, 0.15) is 24.0 Å². The molecule has 3 aromatic carbocycles. The van der Waals surface area contributed by atoms with Crippen molar-refractivity contribution in [3.8, 4) is 11.6 Å². The average molecular weight is 465 g/mol. The summed E-state index contributed by atoms with van der Waals surface area (Å²) in [5.74, 6) is 0.317. The van der Waals surface area contributed by atoms with Crippen LogP contribution in [0.3, 0.4) is 0 Å². The second-order valence-corrected chi connectivity index (χ2v) is 8.65. The standard InChI is InChI=1S/C28H20FN3O3/c1-30-21-8-11-24-23(16-21)27(32-17-31-24)35-22-9-4-19(5-10-22)15-26(34)28(12-13-28)25(33)14-18-2-6-20(29)7-3-18/h2-11,16-17H,12-15H2. The molecule has 0 aliphatic heterocycles. The van der Waals surface area contributed by atoms with Crippen molar-refractivity contribution in [1.29, 1.82) is 0 Å². The van der Waals surface area contributed by atoms with Crippen LogP contribution in [0.25, 0.3) is 15.7 Å². The Morgan fingerprint density at radius 2 is 1.54 bits per heavy atom. The fourth-order valence-corrected chi connectivity index (χ4v) is 4.11. The van der Waals surface area contributed by atoms with Crippen molar-refractivity contribution in [2.75, 3.05) is 0 Å². The quantitative estimate of drug-likeness (QED) is 0.242. The number of fused-ring (bicyclic) bond motifs is 1. The molecule has 0 spiro atoms. The molecule has 1 aliphatic rings. The minimum absolute atomic E-state index is 0.0910. The number of Topliss-reactive ketones (excluding diaryl/α,β-unsaturated/α-hetero) is 2. The van der Waals surface area contributed by atoms with Crippen LogP contribution in [0.5, 0.6) is 11.6 Å². The zero-order chi connectivity index (χ0) is 24.4. The molecule has 0 bridgehead atoms. The summed E-state index contributed by atoms with van der Waals surface area (Å²) in [4.78, 5) is 37.7. The van der Waals surface area contributed by atoms with E-state index in [9.17, 15) is 14.0 Å². The first-order valence-electron chi connectivity index (χ1n) is 11.2. The van der Waals surface area contributed by atoms with E-state index in [1.165, 1.54) is 18.5 Å². The highest BCUT2D eigenvalue weighted by atomic mass is 19.1. The fourth-order valence-electron chi connectivity index (χ4n) is 4.11. The Morgan fingerprint density at radius 1 is 0.914 bits per heavy atom. The molecule has 35 heavy (non-hydrogen) atoms. The minimum atomic E-state index is -0.927. The van der Waals surface area contributed by atoms with Crippen molar-refractivity contribution in [1.82, 2.24) is 9.97 Å². The third-order valence-corrected chi connectivity index (χ3v) is 6.31. The van der Waals surface area contributed by atoms with Crippen LogP contribution < -0.4 is 4.74 Å². The van der Waals surface area contributed by atoms with Crippen molar-refractivity contribution in [2.24, 2.45) is 5.41 Å². The van der Waals surface area contributed by atoms with Gasteiger partial charge in [-0.2, -0.15) is 0 Å². The van der Waals surface area contributed by atoms with Gasteiger partial charge < -0.3 is 4.74 Å². The molecule has 1 saturated carbocycles. The van der Waals surface area contributed by atoms with Gasteiger partial charge in [-0.1, -0.05) is 30.3 Å². The van der Waals surface area contributed by atoms with E-state index in [0.717, 1.165) is 5.56 Å². The van der Waals surface area contributed by atoms with E-state index in [0.29, 0.717) is 46.6 Å². The number of ketones is 2. The lowest BCUT2D eigenvalue weighted by molar-refractivity contribution is -0.133. The maximum atomic E-state index is 13.1. The molecule has 6 nitrogen and oxygen atoms in total. The summed E-state index contributed by atoms with van der Waals surface area (Å²) in [7, 11) is 0. The lowest BCUT2D eigenvalue weighted by Crippen LogP contribution is -2.28. The van der Waals surface area contributed by atoms with Crippen LogP contribution in [-0.4, -0.2) is 21.5 Å². The van der Waals surface area contributed by atoms with Crippen molar-refractivity contribution in [3.05, 3.63) is 101 Å². The second kappa shape index (κ2) is 9.07. The fraction of sp³-hybridized carbons (Fsp3) is 0.179. The summed E-state index contributed by atoms with van der Waals surface area (Å²) in [6.45, 7) is 7.21. The summed E-state index contributed by atoms with van der Waals surface area (Å²) < 4.78 is 19.1. The second-order valence-electron chi connectivity index (χ2n) is 8.65. The first kappa shape index (κ1) is 22.4. The van der Waals surface area contributed by atoms with Gasteiger partial charge in [-0.3, -0.25) is 9.59 Å². The molecule has 0 atom stereocenters. The van der Waals surface area contributed by atoms with Crippen LogP contribution in [0, 0.1) is 17.8 Å². The Kier molecular flexibility index (Phi) is 5.79. The Balaban J connectivity index is 1.26. The largest absolute Gasteiger partial charge is 0.438 e. The number of hydrogen-bond acceptors (Lipinski definition) is 5. The van der Waals surface area contributed by atoms with Crippen molar-refractivity contribution in [2.45, 2.75) is 25.7 Å². The highest BCUT2D eigenvalue weighted by Gasteiger charge is 2.54. The maximum Gasteiger partial charge on any atom is 0.228 e. The van der Waals surface area contributed by atoms with Gasteiger partial charge in [0.05, 0.1) is 22.9 Å². The Bertz CT molecular complexity index is 1470. The van der Waals surface area contributed by atoms with E-state index in [-0.39, 0.29) is 30.2 Å². The number of benzene rings is 3. The van der Waals surface area contributed by atoms with Gasteiger partial charge >= 0.3 is 0 Å². The zero-order valence-corrected chi connectivity index (χ0v) is 18.7. The smallest absolute Gasteiger partial charge is 0.228 e.